The summed E-state index contributed by atoms with van der Waals surface area (Å²) in [5.41, 5.74) is 4.51. The Morgan fingerprint density at radius 3 is 2.75 bits per heavy atom. The van der Waals surface area contributed by atoms with Crippen LogP contribution < -0.4 is 9.64 Å². The molecule has 32 heavy (non-hydrogen) atoms. The number of rotatable bonds is 6. The molecule has 1 aromatic carbocycles. The zero-order valence-corrected chi connectivity index (χ0v) is 19.1. The number of piperidine rings is 1. The molecule has 7 nitrogen and oxygen atoms in total. The maximum Gasteiger partial charge on any atom is 0.225 e. The van der Waals surface area contributed by atoms with Crippen LogP contribution in [0.15, 0.2) is 42.7 Å². The Hall–Kier alpha value is -2.93. The summed E-state index contributed by atoms with van der Waals surface area (Å²) in [6.07, 6.45) is 8.76. The lowest BCUT2D eigenvalue weighted by molar-refractivity contribution is 0.196. The highest BCUT2D eigenvalue weighted by Gasteiger charge is 2.27. The molecule has 7 heteroatoms. The lowest BCUT2D eigenvalue weighted by Crippen LogP contribution is -2.34. The monoisotopic (exact) mass is 432 g/mol. The Morgan fingerprint density at radius 2 is 1.91 bits per heavy atom. The molecule has 0 unspecified atom stereocenters. The molecule has 0 saturated carbocycles. The van der Waals surface area contributed by atoms with Gasteiger partial charge in [-0.3, -0.25) is 9.58 Å². The average molecular weight is 433 g/mol. The zero-order valence-electron chi connectivity index (χ0n) is 19.1. The van der Waals surface area contributed by atoms with Crippen molar-refractivity contribution in [2.24, 2.45) is 7.05 Å². The van der Waals surface area contributed by atoms with Crippen LogP contribution in [0.5, 0.6) is 5.75 Å². The first-order chi connectivity index (χ1) is 15.7. The third-order valence-corrected chi connectivity index (χ3v) is 6.64. The molecule has 2 aliphatic rings. The van der Waals surface area contributed by atoms with Crippen molar-refractivity contribution >= 4 is 5.95 Å². The van der Waals surface area contributed by atoms with E-state index in [4.69, 9.17) is 14.8 Å². The Kier molecular flexibility index (Phi) is 6.08. The molecule has 0 amide bonds. The van der Waals surface area contributed by atoms with E-state index in [9.17, 15) is 0 Å². The maximum absolute atomic E-state index is 5.57. The summed E-state index contributed by atoms with van der Waals surface area (Å²) in [6, 6.07) is 10.3. The molecule has 2 aliphatic heterocycles. The largest absolute Gasteiger partial charge is 0.496 e. The molecule has 0 radical (unpaired) electrons. The molecule has 1 atom stereocenters. The number of nitrogens with zero attached hydrogens (tertiary/aromatic N) is 6. The van der Waals surface area contributed by atoms with Crippen molar-refractivity contribution in [1.82, 2.24) is 24.6 Å². The summed E-state index contributed by atoms with van der Waals surface area (Å²) in [4.78, 5) is 14.3. The van der Waals surface area contributed by atoms with E-state index in [1.807, 2.05) is 36.1 Å². The predicted octanol–water partition coefficient (Wildman–Crippen LogP) is 3.87. The van der Waals surface area contributed by atoms with Crippen LogP contribution in [-0.2, 0) is 13.6 Å². The third-order valence-electron chi connectivity index (χ3n) is 6.64. The summed E-state index contributed by atoms with van der Waals surface area (Å²) in [7, 11) is 3.75. The van der Waals surface area contributed by atoms with E-state index >= 15 is 0 Å². The third kappa shape index (κ3) is 4.35. The first kappa shape index (κ1) is 20.9. The Morgan fingerprint density at radius 1 is 1.06 bits per heavy atom. The fourth-order valence-corrected chi connectivity index (χ4v) is 5.07. The van der Waals surface area contributed by atoms with Crippen molar-refractivity contribution in [3.05, 3.63) is 54.0 Å². The molecule has 4 heterocycles. The fraction of sp³-hybridized carbons (Fsp3) is 0.480. The standard InChI is InChI=1S/C25H32N6O/c1-29-18-21(22-11-12-26-25(27-22)31-14-5-6-15-31)24(28-29)20-9-7-13-30(17-20)16-19-8-3-4-10-23(19)32-2/h3-4,8,10-12,18,20H,5-7,9,13-17H2,1-2H3/t20-/m1/s1. The highest BCUT2D eigenvalue weighted by molar-refractivity contribution is 5.63. The van der Waals surface area contributed by atoms with E-state index in [1.165, 1.54) is 24.8 Å². The van der Waals surface area contributed by atoms with Gasteiger partial charge in [0.2, 0.25) is 5.95 Å². The molecule has 5 rings (SSSR count). The Labute approximate surface area is 190 Å². The molecule has 2 fully saturated rings. The summed E-state index contributed by atoms with van der Waals surface area (Å²) >= 11 is 0. The molecule has 0 N–H and O–H groups in total. The quantitative estimate of drug-likeness (QED) is 0.589. The fourth-order valence-electron chi connectivity index (χ4n) is 5.07. The molecule has 2 aromatic heterocycles. The number of hydrogen-bond donors (Lipinski definition) is 0. The predicted molar refractivity (Wildman–Crippen MR) is 126 cm³/mol. The van der Waals surface area contributed by atoms with Gasteiger partial charge in [-0.1, -0.05) is 18.2 Å². The van der Waals surface area contributed by atoms with Gasteiger partial charge in [0.05, 0.1) is 18.5 Å². The summed E-state index contributed by atoms with van der Waals surface area (Å²) < 4.78 is 7.50. The second kappa shape index (κ2) is 9.28. The number of anilines is 1. The van der Waals surface area contributed by atoms with Crippen LogP contribution in [0.1, 0.15) is 42.9 Å². The molecule has 3 aromatic rings. The normalized spacial score (nSPS) is 19.4. The number of hydrogen-bond acceptors (Lipinski definition) is 6. The van der Waals surface area contributed by atoms with E-state index in [0.29, 0.717) is 5.92 Å². The maximum atomic E-state index is 5.57. The number of likely N-dealkylation sites (tertiary alicyclic amines) is 1. The van der Waals surface area contributed by atoms with Gasteiger partial charge >= 0.3 is 0 Å². The van der Waals surface area contributed by atoms with E-state index in [0.717, 1.165) is 67.8 Å². The number of aromatic nitrogens is 4. The van der Waals surface area contributed by atoms with Gasteiger partial charge in [0.1, 0.15) is 5.75 Å². The summed E-state index contributed by atoms with van der Waals surface area (Å²) in [5.74, 6) is 2.19. The molecule has 168 valence electrons. The second-order valence-corrected chi connectivity index (χ2v) is 8.92. The average Bonchev–Trinajstić information content (AvgIpc) is 3.50. The van der Waals surface area contributed by atoms with E-state index in [1.54, 1.807) is 7.11 Å². The van der Waals surface area contributed by atoms with Crippen LogP contribution in [0.2, 0.25) is 0 Å². The number of ether oxygens (including phenoxy) is 1. The Balaban J connectivity index is 1.38. The van der Waals surface area contributed by atoms with Gasteiger partial charge in [-0.15, -0.1) is 0 Å². The number of methoxy groups -OCH3 is 1. The van der Waals surface area contributed by atoms with Gasteiger partial charge in [0.15, 0.2) is 0 Å². The van der Waals surface area contributed by atoms with E-state index in [2.05, 4.69) is 33.1 Å². The number of para-hydroxylation sites is 1. The van der Waals surface area contributed by atoms with Crippen LogP contribution in [-0.4, -0.2) is 57.9 Å². The minimum Gasteiger partial charge on any atom is -0.496 e. The van der Waals surface area contributed by atoms with Gasteiger partial charge in [-0.2, -0.15) is 5.10 Å². The van der Waals surface area contributed by atoms with Crippen molar-refractivity contribution in [2.45, 2.75) is 38.1 Å². The lowest BCUT2D eigenvalue weighted by Gasteiger charge is -2.32. The van der Waals surface area contributed by atoms with Crippen molar-refractivity contribution in [2.75, 3.05) is 38.2 Å². The van der Waals surface area contributed by atoms with Gasteiger partial charge in [-0.25, -0.2) is 9.97 Å². The lowest BCUT2D eigenvalue weighted by atomic mass is 9.91. The van der Waals surface area contributed by atoms with Crippen molar-refractivity contribution in [1.29, 1.82) is 0 Å². The summed E-state index contributed by atoms with van der Waals surface area (Å²) in [6.45, 7) is 5.08. The molecule has 0 spiro atoms. The second-order valence-electron chi connectivity index (χ2n) is 8.92. The van der Waals surface area contributed by atoms with Crippen LogP contribution in [0, 0.1) is 0 Å². The molecular formula is C25H32N6O. The van der Waals surface area contributed by atoms with Crippen molar-refractivity contribution in [3.8, 4) is 17.0 Å². The summed E-state index contributed by atoms with van der Waals surface area (Å²) in [5, 5.41) is 4.90. The van der Waals surface area contributed by atoms with Crippen LogP contribution in [0.25, 0.3) is 11.3 Å². The highest BCUT2D eigenvalue weighted by atomic mass is 16.5. The van der Waals surface area contributed by atoms with E-state index < -0.39 is 0 Å². The zero-order chi connectivity index (χ0) is 21.9. The molecule has 0 aliphatic carbocycles. The first-order valence-electron chi connectivity index (χ1n) is 11.7. The van der Waals surface area contributed by atoms with Gasteiger partial charge in [0, 0.05) is 62.7 Å². The first-order valence-corrected chi connectivity index (χ1v) is 11.7. The van der Waals surface area contributed by atoms with Gasteiger partial charge in [0.25, 0.3) is 0 Å². The SMILES string of the molecule is COc1ccccc1CN1CCC[C@@H](c2nn(C)cc2-c2ccnc(N3CCCC3)n2)C1. The van der Waals surface area contributed by atoms with Crippen molar-refractivity contribution < 1.29 is 4.74 Å². The molecular weight excluding hydrogens is 400 g/mol. The minimum absolute atomic E-state index is 0.389. The van der Waals surface area contributed by atoms with E-state index in [-0.39, 0.29) is 0 Å². The molecule has 2 saturated heterocycles. The number of benzene rings is 1. The highest BCUT2D eigenvalue weighted by Crippen LogP contribution is 2.34. The van der Waals surface area contributed by atoms with Crippen molar-refractivity contribution in [3.63, 3.8) is 0 Å². The van der Waals surface area contributed by atoms with Crippen LogP contribution in [0.4, 0.5) is 5.95 Å². The van der Waals surface area contributed by atoms with Gasteiger partial charge in [-0.05, 0) is 44.4 Å². The molecule has 0 bridgehead atoms. The number of aryl methyl sites for hydroxylation is 1. The topological polar surface area (TPSA) is 59.3 Å². The van der Waals surface area contributed by atoms with Crippen LogP contribution in [0.3, 0.4) is 0 Å². The smallest absolute Gasteiger partial charge is 0.225 e. The minimum atomic E-state index is 0.389. The van der Waals surface area contributed by atoms with Gasteiger partial charge < -0.3 is 9.64 Å². The van der Waals surface area contributed by atoms with Crippen LogP contribution >= 0.6 is 0 Å². The Bertz CT molecular complexity index is 1060.